The number of halogens is 2. The van der Waals surface area contributed by atoms with E-state index in [2.05, 4.69) is 0 Å². The molecule has 0 fully saturated rings. The van der Waals surface area contributed by atoms with E-state index in [-0.39, 0.29) is 16.3 Å². The van der Waals surface area contributed by atoms with Crippen molar-refractivity contribution < 1.29 is 19.7 Å². The van der Waals surface area contributed by atoms with E-state index in [4.69, 9.17) is 27.9 Å². The van der Waals surface area contributed by atoms with Crippen molar-refractivity contribution in [2.75, 3.05) is 6.61 Å². The molecule has 0 aromatic heterocycles. The first-order valence-electron chi connectivity index (χ1n) is 7.58. The van der Waals surface area contributed by atoms with E-state index in [9.17, 15) is 15.0 Å². The summed E-state index contributed by atoms with van der Waals surface area (Å²) in [5, 5.41) is 19.9. The minimum absolute atomic E-state index is 0.0307. The summed E-state index contributed by atoms with van der Waals surface area (Å²) in [6.45, 7) is 2.48. The summed E-state index contributed by atoms with van der Waals surface area (Å²) in [6, 6.07) is 7.96. The van der Waals surface area contributed by atoms with Crippen molar-refractivity contribution in [2.24, 2.45) is 0 Å². The van der Waals surface area contributed by atoms with Crippen molar-refractivity contribution in [2.45, 2.75) is 26.2 Å². The van der Waals surface area contributed by atoms with Crippen molar-refractivity contribution in [3.05, 3.63) is 57.1 Å². The van der Waals surface area contributed by atoms with Crippen molar-refractivity contribution in [1.82, 2.24) is 0 Å². The first-order chi connectivity index (χ1) is 11.4. The number of rotatable bonds is 7. The Hall–Kier alpha value is -1.91. The summed E-state index contributed by atoms with van der Waals surface area (Å²) in [5.41, 5.74) is 1.47. The number of hydrogen-bond donors (Lipinski definition) is 2. The predicted molar refractivity (Wildman–Crippen MR) is 94.7 cm³/mol. The molecular formula is C18H18Cl2O4. The number of unbranched alkanes of at least 4 members (excludes halogenated alkanes) is 1. The van der Waals surface area contributed by atoms with Crippen molar-refractivity contribution in [3.8, 4) is 11.5 Å². The Morgan fingerprint density at radius 2 is 1.96 bits per heavy atom. The Morgan fingerprint density at radius 1 is 1.21 bits per heavy atom. The number of hydrogen-bond acceptors (Lipinski definition) is 3. The molecule has 0 saturated carbocycles. The van der Waals surface area contributed by atoms with Crippen LogP contribution in [0, 0.1) is 0 Å². The molecule has 6 heteroatoms. The van der Waals surface area contributed by atoms with E-state index in [1.807, 2.05) is 6.92 Å². The van der Waals surface area contributed by atoms with Gasteiger partial charge in [0.25, 0.3) is 0 Å². The summed E-state index contributed by atoms with van der Waals surface area (Å²) in [7, 11) is 0. The van der Waals surface area contributed by atoms with Crippen LogP contribution >= 0.6 is 23.2 Å². The number of carboxylic acid groups (broad SMARTS) is 1. The SMILES string of the molecule is CCCCOc1cc(Cc2cc(Cl)cc(Cl)c2O)ccc1C(=O)O. The number of carbonyl (C=O) groups is 1. The van der Waals surface area contributed by atoms with Crippen LogP contribution in [-0.4, -0.2) is 22.8 Å². The fourth-order valence-corrected chi connectivity index (χ4v) is 2.81. The van der Waals surface area contributed by atoms with E-state index < -0.39 is 5.97 Å². The third-order valence-corrected chi connectivity index (χ3v) is 4.04. The zero-order valence-electron chi connectivity index (χ0n) is 13.2. The van der Waals surface area contributed by atoms with Gasteiger partial charge < -0.3 is 14.9 Å². The number of carboxylic acids is 1. The van der Waals surface area contributed by atoms with Crippen LogP contribution < -0.4 is 4.74 Å². The van der Waals surface area contributed by atoms with Crippen molar-refractivity contribution in [3.63, 3.8) is 0 Å². The van der Waals surface area contributed by atoms with Gasteiger partial charge in [0.15, 0.2) is 0 Å². The summed E-state index contributed by atoms with van der Waals surface area (Å²) >= 11 is 11.9. The van der Waals surface area contributed by atoms with Gasteiger partial charge in [-0.25, -0.2) is 4.79 Å². The molecule has 0 amide bonds. The largest absolute Gasteiger partial charge is 0.506 e. The number of aromatic carboxylic acids is 1. The summed E-state index contributed by atoms with van der Waals surface area (Å²) < 4.78 is 5.60. The highest BCUT2D eigenvalue weighted by molar-refractivity contribution is 6.35. The van der Waals surface area contributed by atoms with Gasteiger partial charge in [0.1, 0.15) is 17.1 Å². The topological polar surface area (TPSA) is 66.8 Å². The smallest absolute Gasteiger partial charge is 0.339 e. The van der Waals surface area contributed by atoms with Crippen LogP contribution in [0.4, 0.5) is 0 Å². The van der Waals surface area contributed by atoms with Gasteiger partial charge in [0.2, 0.25) is 0 Å². The van der Waals surface area contributed by atoms with Gasteiger partial charge >= 0.3 is 5.97 Å². The van der Waals surface area contributed by atoms with E-state index >= 15 is 0 Å². The molecule has 2 aromatic carbocycles. The molecule has 2 aromatic rings. The summed E-state index contributed by atoms with van der Waals surface area (Å²) in [4.78, 5) is 11.3. The molecule has 0 unspecified atom stereocenters. The molecule has 0 atom stereocenters. The highest BCUT2D eigenvalue weighted by atomic mass is 35.5. The van der Waals surface area contributed by atoms with E-state index in [0.717, 1.165) is 18.4 Å². The van der Waals surface area contributed by atoms with Crippen LogP contribution in [0.1, 0.15) is 41.3 Å². The molecule has 0 spiro atoms. The Balaban J connectivity index is 2.31. The molecule has 0 radical (unpaired) electrons. The zero-order valence-corrected chi connectivity index (χ0v) is 14.7. The van der Waals surface area contributed by atoms with Gasteiger partial charge in [0, 0.05) is 17.0 Å². The maximum atomic E-state index is 11.3. The second kappa shape index (κ2) is 8.27. The number of phenols is 1. The third-order valence-electron chi connectivity index (χ3n) is 3.53. The average molecular weight is 369 g/mol. The number of phenolic OH excluding ortho intramolecular Hbond substituents is 1. The second-order valence-electron chi connectivity index (χ2n) is 5.41. The van der Waals surface area contributed by atoms with Crippen LogP contribution in [0.2, 0.25) is 10.0 Å². The second-order valence-corrected chi connectivity index (χ2v) is 6.25. The Kier molecular flexibility index (Phi) is 6.35. The number of aromatic hydroxyl groups is 1. The molecule has 4 nitrogen and oxygen atoms in total. The third kappa shape index (κ3) is 4.56. The first-order valence-corrected chi connectivity index (χ1v) is 8.33. The van der Waals surface area contributed by atoms with E-state index in [1.54, 1.807) is 18.2 Å². The maximum Gasteiger partial charge on any atom is 0.339 e. The van der Waals surface area contributed by atoms with Gasteiger partial charge in [-0.05, 0) is 36.2 Å². The van der Waals surface area contributed by atoms with Crippen LogP contribution in [0.25, 0.3) is 0 Å². The van der Waals surface area contributed by atoms with Gasteiger partial charge in [-0.3, -0.25) is 0 Å². The lowest BCUT2D eigenvalue weighted by atomic mass is 10.0. The Labute approximate surface area is 150 Å². The zero-order chi connectivity index (χ0) is 17.7. The lowest BCUT2D eigenvalue weighted by Crippen LogP contribution is -2.05. The Bertz CT molecular complexity index is 744. The fraction of sp³-hybridized carbons (Fsp3) is 0.278. The van der Waals surface area contributed by atoms with Gasteiger partial charge in [0.05, 0.1) is 11.6 Å². The molecule has 0 bridgehead atoms. The molecular weight excluding hydrogens is 351 g/mol. The van der Waals surface area contributed by atoms with Crippen molar-refractivity contribution in [1.29, 1.82) is 0 Å². The number of ether oxygens (including phenoxy) is 1. The summed E-state index contributed by atoms with van der Waals surface area (Å²) in [5.74, 6) is -0.750. The van der Waals surface area contributed by atoms with Gasteiger partial charge in [-0.2, -0.15) is 0 Å². The number of benzene rings is 2. The molecule has 2 N–H and O–H groups in total. The van der Waals surface area contributed by atoms with Crippen LogP contribution in [-0.2, 0) is 6.42 Å². The van der Waals surface area contributed by atoms with Crippen LogP contribution in [0.15, 0.2) is 30.3 Å². The average Bonchev–Trinajstić information content (AvgIpc) is 2.52. The Morgan fingerprint density at radius 3 is 2.62 bits per heavy atom. The minimum Gasteiger partial charge on any atom is -0.506 e. The highest BCUT2D eigenvalue weighted by Crippen LogP contribution is 2.33. The van der Waals surface area contributed by atoms with Crippen molar-refractivity contribution >= 4 is 29.2 Å². The molecule has 128 valence electrons. The quantitative estimate of drug-likeness (QED) is 0.661. The fourth-order valence-electron chi connectivity index (χ4n) is 2.27. The lowest BCUT2D eigenvalue weighted by Gasteiger charge is -2.12. The highest BCUT2D eigenvalue weighted by Gasteiger charge is 2.14. The lowest BCUT2D eigenvalue weighted by molar-refractivity contribution is 0.0692. The molecule has 0 aliphatic carbocycles. The molecule has 0 saturated heterocycles. The van der Waals surface area contributed by atoms with E-state index in [0.29, 0.717) is 29.4 Å². The molecule has 2 rings (SSSR count). The minimum atomic E-state index is -1.04. The maximum absolute atomic E-state index is 11.3. The van der Waals surface area contributed by atoms with E-state index in [1.165, 1.54) is 12.1 Å². The van der Waals surface area contributed by atoms with Crippen LogP contribution in [0.3, 0.4) is 0 Å². The standard InChI is InChI=1S/C18H18Cl2O4/c1-2-3-6-24-16-8-11(4-5-14(16)18(22)23)7-12-9-13(19)10-15(20)17(12)21/h4-5,8-10,21H,2-3,6-7H2,1H3,(H,22,23). The predicted octanol–water partition coefficient (Wildman–Crippen LogP) is 5.17. The first kappa shape index (κ1) is 18.4. The molecule has 0 aliphatic rings. The molecule has 0 aliphatic heterocycles. The van der Waals surface area contributed by atoms with Crippen LogP contribution in [0.5, 0.6) is 11.5 Å². The normalized spacial score (nSPS) is 10.6. The molecule has 24 heavy (non-hydrogen) atoms. The molecule has 0 heterocycles. The van der Waals surface area contributed by atoms with Gasteiger partial charge in [-0.15, -0.1) is 0 Å². The van der Waals surface area contributed by atoms with Gasteiger partial charge in [-0.1, -0.05) is 42.6 Å². The summed E-state index contributed by atoms with van der Waals surface area (Å²) in [6.07, 6.45) is 2.15. The monoisotopic (exact) mass is 368 g/mol.